The van der Waals surface area contributed by atoms with Gasteiger partial charge in [0, 0.05) is 24.8 Å². The van der Waals surface area contributed by atoms with E-state index in [0.717, 1.165) is 22.0 Å². The summed E-state index contributed by atoms with van der Waals surface area (Å²) in [6, 6.07) is 15.4. The van der Waals surface area contributed by atoms with E-state index < -0.39 is 5.37 Å². The first-order chi connectivity index (χ1) is 14.8. The molecule has 0 radical (unpaired) electrons. The lowest BCUT2D eigenvalue weighted by atomic mass is 10.1. The van der Waals surface area contributed by atoms with Gasteiger partial charge in [-0.3, -0.25) is 14.5 Å². The van der Waals surface area contributed by atoms with Crippen molar-refractivity contribution >= 4 is 56.9 Å². The Morgan fingerprint density at radius 2 is 1.81 bits per heavy atom. The first-order valence-electron chi connectivity index (χ1n) is 9.74. The summed E-state index contributed by atoms with van der Waals surface area (Å²) in [6.45, 7) is 6.87. The number of nitrogens with zero attached hydrogens (tertiary/aromatic N) is 4. The summed E-state index contributed by atoms with van der Waals surface area (Å²) in [7, 11) is 0. The molecule has 0 fully saturated rings. The fraction of sp³-hybridized carbons (Fsp3) is 0.217. The summed E-state index contributed by atoms with van der Waals surface area (Å²) in [5, 5.41) is 6.97. The number of fused-ring (bicyclic) bond motifs is 1. The molecule has 31 heavy (non-hydrogen) atoms. The van der Waals surface area contributed by atoms with Crippen LogP contribution >= 0.6 is 23.4 Å². The number of hydrogen-bond acceptors (Lipinski definition) is 5. The molecule has 6 nitrogen and oxygen atoms in total. The number of amides is 2. The molecule has 8 heteroatoms. The number of carbonyl (C=O) groups is 2. The lowest BCUT2D eigenvalue weighted by Gasteiger charge is -2.21. The van der Waals surface area contributed by atoms with E-state index in [1.807, 2.05) is 62.4 Å². The van der Waals surface area contributed by atoms with Crippen molar-refractivity contribution in [1.82, 2.24) is 9.99 Å². The molecule has 2 amide bonds. The highest BCUT2D eigenvalue weighted by Gasteiger charge is 2.37. The zero-order chi connectivity index (χ0) is 22.3. The summed E-state index contributed by atoms with van der Waals surface area (Å²) in [5.74, 6) is -0.446. The number of aromatic nitrogens is 1. The van der Waals surface area contributed by atoms with E-state index in [9.17, 15) is 9.59 Å². The molecule has 1 unspecified atom stereocenters. The Balaban J connectivity index is 1.77. The molecule has 0 saturated heterocycles. The lowest BCUT2D eigenvalue weighted by molar-refractivity contribution is -0.129. The van der Waals surface area contributed by atoms with E-state index >= 15 is 0 Å². The Morgan fingerprint density at radius 3 is 2.45 bits per heavy atom. The van der Waals surface area contributed by atoms with Crippen molar-refractivity contribution in [3.63, 3.8) is 0 Å². The van der Waals surface area contributed by atoms with E-state index in [0.29, 0.717) is 21.6 Å². The number of anilines is 1. The quantitative estimate of drug-likeness (QED) is 0.487. The van der Waals surface area contributed by atoms with Gasteiger partial charge in [0.1, 0.15) is 10.5 Å². The van der Waals surface area contributed by atoms with Gasteiger partial charge >= 0.3 is 0 Å². The van der Waals surface area contributed by atoms with Crippen LogP contribution in [0.1, 0.15) is 35.9 Å². The van der Waals surface area contributed by atoms with Gasteiger partial charge in [-0.25, -0.2) is 9.99 Å². The number of amidine groups is 1. The van der Waals surface area contributed by atoms with Crippen LogP contribution in [0.25, 0.3) is 10.9 Å². The number of benzene rings is 2. The summed E-state index contributed by atoms with van der Waals surface area (Å²) in [5.41, 5.74) is 4.28. The molecule has 158 valence electrons. The molecule has 0 aliphatic carbocycles. The highest BCUT2D eigenvalue weighted by Crippen LogP contribution is 2.44. The minimum Gasteiger partial charge on any atom is -0.274 e. The number of hydrogen-bond donors (Lipinski definition) is 0. The molecular formula is C23H21ClN4O2S. The van der Waals surface area contributed by atoms with Gasteiger partial charge in [0.25, 0.3) is 0 Å². The molecule has 0 saturated carbocycles. The van der Waals surface area contributed by atoms with E-state index in [4.69, 9.17) is 11.6 Å². The number of aryl methyl sites for hydroxylation is 2. The van der Waals surface area contributed by atoms with Crippen LogP contribution < -0.4 is 4.90 Å². The maximum atomic E-state index is 12.5. The van der Waals surface area contributed by atoms with Crippen molar-refractivity contribution in [3.05, 3.63) is 70.4 Å². The van der Waals surface area contributed by atoms with Gasteiger partial charge in [0.15, 0.2) is 5.17 Å². The maximum absolute atomic E-state index is 12.5. The van der Waals surface area contributed by atoms with Gasteiger partial charge in [0.2, 0.25) is 11.8 Å². The average molecular weight is 453 g/mol. The van der Waals surface area contributed by atoms with Gasteiger partial charge in [-0.1, -0.05) is 59.3 Å². The van der Waals surface area contributed by atoms with Crippen LogP contribution in [0, 0.1) is 13.8 Å². The van der Waals surface area contributed by atoms with Crippen LogP contribution in [0.4, 0.5) is 5.69 Å². The van der Waals surface area contributed by atoms with Crippen molar-refractivity contribution in [2.45, 2.75) is 33.1 Å². The Hall–Kier alpha value is -2.90. The van der Waals surface area contributed by atoms with Crippen molar-refractivity contribution in [2.75, 3.05) is 4.90 Å². The van der Waals surface area contributed by atoms with Crippen LogP contribution in [-0.2, 0) is 9.59 Å². The molecule has 0 spiro atoms. The third-order valence-electron chi connectivity index (χ3n) is 5.05. The SMILES string of the molecule is CC(=O)N(C1=NN(C(C)=O)C(c2cc3cccc(C)c3nc2Cl)S1)c1ccc(C)cc1. The van der Waals surface area contributed by atoms with Crippen molar-refractivity contribution in [2.24, 2.45) is 5.10 Å². The molecule has 4 rings (SSSR count). The van der Waals surface area contributed by atoms with Crippen LogP contribution in [0.3, 0.4) is 0 Å². The van der Waals surface area contributed by atoms with Crippen molar-refractivity contribution in [3.8, 4) is 0 Å². The second-order valence-electron chi connectivity index (χ2n) is 7.42. The fourth-order valence-electron chi connectivity index (χ4n) is 3.48. The summed E-state index contributed by atoms with van der Waals surface area (Å²) < 4.78 is 0. The van der Waals surface area contributed by atoms with Gasteiger partial charge in [-0.05, 0) is 37.6 Å². The number of para-hydroxylation sites is 1. The Bertz CT molecular complexity index is 1230. The fourth-order valence-corrected chi connectivity index (χ4v) is 5.06. The normalized spacial score (nSPS) is 15.8. The zero-order valence-electron chi connectivity index (χ0n) is 17.6. The number of halogens is 1. The molecule has 1 atom stereocenters. The lowest BCUT2D eigenvalue weighted by Crippen LogP contribution is -2.32. The molecule has 1 aromatic heterocycles. The summed E-state index contributed by atoms with van der Waals surface area (Å²) in [4.78, 5) is 31.0. The molecule has 2 aromatic carbocycles. The van der Waals surface area contributed by atoms with Crippen molar-refractivity contribution in [1.29, 1.82) is 0 Å². The van der Waals surface area contributed by atoms with Crippen LogP contribution in [-0.4, -0.2) is 27.0 Å². The van der Waals surface area contributed by atoms with Crippen LogP contribution in [0.5, 0.6) is 0 Å². The van der Waals surface area contributed by atoms with E-state index in [1.54, 1.807) is 0 Å². The molecular weight excluding hydrogens is 432 g/mol. The second-order valence-corrected chi connectivity index (χ2v) is 8.83. The molecule has 1 aliphatic rings. The first-order valence-corrected chi connectivity index (χ1v) is 11.0. The first kappa shape index (κ1) is 21.3. The molecule has 0 bridgehead atoms. The number of carbonyl (C=O) groups excluding carboxylic acids is 2. The zero-order valence-corrected chi connectivity index (χ0v) is 19.2. The van der Waals surface area contributed by atoms with Gasteiger partial charge < -0.3 is 0 Å². The molecule has 3 aromatic rings. The van der Waals surface area contributed by atoms with E-state index in [2.05, 4.69) is 10.1 Å². The summed E-state index contributed by atoms with van der Waals surface area (Å²) >= 11 is 7.85. The number of pyridine rings is 1. The number of hydrazone groups is 1. The monoisotopic (exact) mass is 452 g/mol. The summed E-state index contributed by atoms with van der Waals surface area (Å²) in [6.07, 6.45) is 0. The third-order valence-corrected chi connectivity index (χ3v) is 6.50. The number of rotatable bonds is 2. The Morgan fingerprint density at radius 1 is 1.10 bits per heavy atom. The second kappa shape index (κ2) is 8.32. The molecule has 0 N–H and O–H groups in total. The van der Waals surface area contributed by atoms with Gasteiger partial charge in [-0.2, -0.15) is 0 Å². The van der Waals surface area contributed by atoms with Crippen LogP contribution in [0.2, 0.25) is 5.15 Å². The smallest absolute Gasteiger partial charge is 0.241 e. The Labute approximate surface area is 189 Å². The van der Waals surface area contributed by atoms with Gasteiger partial charge in [0.05, 0.1) is 11.2 Å². The standard InChI is InChI=1S/C23H21ClN4O2S/c1-13-8-10-18(11-9-13)27(15(3)29)23-26-28(16(4)30)22(31-23)19-12-17-7-5-6-14(2)20(17)25-21(19)24/h5-12,22H,1-4H3. The van der Waals surface area contributed by atoms with Crippen molar-refractivity contribution < 1.29 is 9.59 Å². The van der Waals surface area contributed by atoms with Crippen LogP contribution in [0.15, 0.2) is 53.6 Å². The molecule has 1 aliphatic heterocycles. The molecule has 2 heterocycles. The Kier molecular flexibility index (Phi) is 5.73. The predicted octanol–water partition coefficient (Wildman–Crippen LogP) is 5.42. The minimum absolute atomic E-state index is 0.197. The largest absolute Gasteiger partial charge is 0.274 e. The van der Waals surface area contributed by atoms with Gasteiger partial charge in [-0.15, -0.1) is 5.10 Å². The highest BCUT2D eigenvalue weighted by atomic mass is 35.5. The minimum atomic E-state index is -0.523. The number of thioether (sulfide) groups is 1. The average Bonchev–Trinajstić information content (AvgIpc) is 3.14. The van der Waals surface area contributed by atoms with E-state index in [1.165, 1.54) is 35.5 Å². The maximum Gasteiger partial charge on any atom is 0.241 e. The highest BCUT2D eigenvalue weighted by molar-refractivity contribution is 8.14. The van der Waals surface area contributed by atoms with E-state index in [-0.39, 0.29) is 11.8 Å². The third kappa shape index (κ3) is 4.03. The topological polar surface area (TPSA) is 65.9 Å². The predicted molar refractivity (Wildman–Crippen MR) is 126 cm³/mol.